The molecule has 0 saturated carbocycles. The summed E-state index contributed by atoms with van der Waals surface area (Å²) in [7, 11) is 0. The number of tetrazole rings is 1. The Balaban J connectivity index is 1.98. The molecule has 1 atom stereocenters. The number of nitrogens with zero attached hydrogens (tertiary/aromatic N) is 4. The van der Waals surface area contributed by atoms with Crippen molar-refractivity contribution in [1.82, 2.24) is 30.9 Å². The lowest BCUT2D eigenvalue weighted by Crippen LogP contribution is -2.18. The summed E-state index contributed by atoms with van der Waals surface area (Å²) >= 11 is 1.72. The number of thiazole rings is 1. The molecule has 2 rings (SSSR count). The second-order valence-corrected chi connectivity index (χ2v) is 4.85. The molecule has 0 fully saturated rings. The molecule has 6 nitrogen and oxygen atoms in total. The van der Waals surface area contributed by atoms with Crippen LogP contribution in [0.5, 0.6) is 0 Å². The van der Waals surface area contributed by atoms with E-state index in [0.29, 0.717) is 12.4 Å². The van der Waals surface area contributed by atoms with E-state index in [9.17, 15) is 0 Å². The molecule has 86 valence electrons. The third-order valence-electron chi connectivity index (χ3n) is 2.29. The Morgan fingerprint density at radius 2 is 2.25 bits per heavy atom. The fourth-order valence-electron chi connectivity index (χ4n) is 1.54. The highest BCUT2D eigenvalue weighted by Gasteiger charge is 2.12. The predicted octanol–water partition coefficient (Wildman–Crippen LogP) is 1.12. The van der Waals surface area contributed by atoms with Crippen LogP contribution in [0.25, 0.3) is 0 Å². The average Bonchev–Trinajstić information content (AvgIpc) is 2.84. The normalized spacial score (nSPS) is 12.9. The van der Waals surface area contributed by atoms with Crippen LogP contribution in [0.1, 0.15) is 34.4 Å². The maximum Gasteiger partial charge on any atom is 0.188 e. The first-order chi connectivity index (χ1) is 7.66. The number of nitrogens with one attached hydrogen (secondary N) is 2. The lowest BCUT2D eigenvalue weighted by Gasteiger charge is -2.10. The molecule has 0 amide bonds. The van der Waals surface area contributed by atoms with E-state index in [-0.39, 0.29) is 6.04 Å². The van der Waals surface area contributed by atoms with Crippen LogP contribution in [-0.4, -0.2) is 25.6 Å². The van der Waals surface area contributed by atoms with Crippen LogP contribution in [0.3, 0.4) is 0 Å². The van der Waals surface area contributed by atoms with Crippen molar-refractivity contribution >= 4 is 11.3 Å². The first-order valence-electron chi connectivity index (χ1n) is 5.06. The van der Waals surface area contributed by atoms with Gasteiger partial charge in [-0.25, -0.2) is 4.98 Å². The molecule has 7 heteroatoms. The molecule has 0 aliphatic heterocycles. The molecule has 0 saturated heterocycles. The minimum atomic E-state index is 0.254. The monoisotopic (exact) mass is 238 g/mol. The largest absolute Gasteiger partial charge is 0.302 e. The smallest absolute Gasteiger partial charge is 0.188 e. The number of H-pyrrole nitrogens is 1. The molecular formula is C9H14N6S. The summed E-state index contributed by atoms with van der Waals surface area (Å²) in [6.07, 6.45) is 0. The highest BCUT2D eigenvalue weighted by molar-refractivity contribution is 7.11. The summed E-state index contributed by atoms with van der Waals surface area (Å²) in [6, 6.07) is 0.254. The van der Waals surface area contributed by atoms with Gasteiger partial charge in [0.05, 0.1) is 17.2 Å². The van der Waals surface area contributed by atoms with Crippen molar-refractivity contribution < 1.29 is 0 Å². The second-order valence-electron chi connectivity index (χ2n) is 3.61. The minimum Gasteiger partial charge on any atom is -0.302 e. The van der Waals surface area contributed by atoms with Gasteiger partial charge in [0, 0.05) is 10.9 Å². The summed E-state index contributed by atoms with van der Waals surface area (Å²) in [5, 5.41) is 18.2. The molecule has 0 aliphatic rings. The molecule has 0 aliphatic carbocycles. The van der Waals surface area contributed by atoms with Crippen LogP contribution in [-0.2, 0) is 6.54 Å². The Morgan fingerprint density at radius 1 is 1.44 bits per heavy atom. The van der Waals surface area contributed by atoms with E-state index < -0.39 is 0 Å². The van der Waals surface area contributed by atoms with Crippen LogP contribution in [0.2, 0.25) is 0 Å². The molecule has 16 heavy (non-hydrogen) atoms. The lowest BCUT2D eigenvalue weighted by molar-refractivity contribution is 0.564. The molecular weight excluding hydrogens is 224 g/mol. The Morgan fingerprint density at radius 3 is 2.81 bits per heavy atom. The molecule has 2 heterocycles. The minimum absolute atomic E-state index is 0.254. The summed E-state index contributed by atoms with van der Waals surface area (Å²) < 4.78 is 0. The van der Waals surface area contributed by atoms with Gasteiger partial charge in [0.25, 0.3) is 0 Å². The highest BCUT2D eigenvalue weighted by Crippen LogP contribution is 2.24. The Labute approximate surface area is 97.5 Å². The fraction of sp³-hybridized carbons (Fsp3) is 0.556. The van der Waals surface area contributed by atoms with Crippen molar-refractivity contribution in [1.29, 1.82) is 0 Å². The van der Waals surface area contributed by atoms with Crippen molar-refractivity contribution in [3.8, 4) is 0 Å². The number of rotatable bonds is 4. The highest BCUT2D eigenvalue weighted by atomic mass is 32.1. The molecule has 0 spiro atoms. The third-order valence-corrected chi connectivity index (χ3v) is 3.54. The van der Waals surface area contributed by atoms with Crippen LogP contribution >= 0.6 is 11.3 Å². The quantitative estimate of drug-likeness (QED) is 0.834. The Bertz CT molecular complexity index is 449. The average molecular weight is 238 g/mol. The van der Waals surface area contributed by atoms with Crippen molar-refractivity contribution in [2.24, 2.45) is 0 Å². The van der Waals surface area contributed by atoms with Crippen LogP contribution < -0.4 is 5.32 Å². The molecule has 0 aromatic carbocycles. The van der Waals surface area contributed by atoms with E-state index in [0.717, 1.165) is 10.7 Å². The first kappa shape index (κ1) is 11.2. The van der Waals surface area contributed by atoms with E-state index in [1.807, 2.05) is 13.8 Å². The number of hydrogen-bond acceptors (Lipinski definition) is 6. The lowest BCUT2D eigenvalue weighted by atomic mass is 10.2. The van der Waals surface area contributed by atoms with Gasteiger partial charge in [-0.05, 0) is 20.8 Å². The first-order valence-corrected chi connectivity index (χ1v) is 5.88. The van der Waals surface area contributed by atoms with Gasteiger partial charge >= 0.3 is 0 Å². The van der Waals surface area contributed by atoms with Crippen molar-refractivity contribution in [2.75, 3.05) is 0 Å². The summed E-state index contributed by atoms with van der Waals surface area (Å²) in [5.74, 6) is 0.672. The van der Waals surface area contributed by atoms with E-state index in [4.69, 9.17) is 0 Å². The van der Waals surface area contributed by atoms with E-state index in [2.05, 4.69) is 37.8 Å². The van der Waals surface area contributed by atoms with Gasteiger partial charge in [-0.1, -0.05) is 5.21 Å². The SMILES string of the molecule is Cc1nc(C)c(C(C)NCc2nn[nH]n2)s1. The molecule has 2 N–H and O–H groups in total. The van der Waals surface area contributed by atoms with E-state index >= 15 is 0 Å². The Kier molecular flexibility index (Phi) is 3.25. The zero-order valence-corrected chi connectivity index (χ0v) is 10.3. The van der Waals surface area contributed by atoms with E-state index in [1.54, 1.807) is 11.3 Å². The van der Waals surface area contributed by atoms with Crippen LogP contribution in [0, 0.1) is 13.8 Å². The van der Waals surface area contributed by atoms with Gasteiger partial charge in [-0.15, -0.1) is 21.5 Å². The second kappa shape index (κ2) is 4.67. The van der Waals surface area contributed by atoms with Gasteiger partial charge in [-0.2, -0.15) is 5.21 Å². The zero-order chi connectivity index (χ0) is 11.5. The van der Waals surface area contributed by atoms with E-state index in [1.165, 1.54) is 4.88 Å². The van der Waals surface area contributed by atoms with Gasteiger partial charge < -0.3 is 5.32 Å². The summed E-state index contributed by atoms with van der Waals surface area (Å²) in [4.78, 5) is 5.67. The van der Waals surface area contributed by atoms with Crippen molar-refractivity contribution in [2.45, 2.75) is 33.4 Å². The summed E-state index contributed by atoms with van der Waals surface area (Å²) in [5.41, 5.74) is 1.09. The topological polar surface area (TPSA) is 79.4 Å². The molecule has 1 unspecified atom stereocenters. The number of aromatic nitrogens is 5. The maximum absolute atomic E-state index is 4.41. The third kappa shape index (κ3) is 2.42. The number of aromatic amines is 1. The predicted molar refractivity (Wildman–Crippen MR) is 61.0 cm³/mol. The molecule has 0 radical (unpaired) electrons. The van der Waals surface area contributed by atoms with Crippen molar-refractivity contribution in [3.63, 3.8) is 0 Å². The van der Waals surface area contributed by atoms with Gasteiger partial charge in [-0.3, -0.25) is 0 Å². The molecule has 2 aromatic heterocycles. The van der Waals surface area contributed by atoms with Gasteiger partial charge in [0.2, 0.25) is 0 Å². The standard InChI is InChI=1S/C9H14N6S/c1-5(9-6(2)11-7(3)16-9)10-4-8-12-14-15-13-8/h5,10H,4H2,1-3H3,(H,12,13,14,15). The van der Waals surface area contributed by atoms with Crippen LogP contribution in [0.15, 0.2) is 0 Å². The fourth-order valence-corrected chi connectivity index (χ4v) is 2.50. The summed E-state index contributed by atoms with van der Waals surface area (Å²) in [6.45, 7) is 6.77. The van der Waals surface area contributed by atoms with Gasteiger partial charge in [0.15, 0.2) is 5.82 Å². The molecule has 2 aromatic rings. The maximum atomic E-state index is 4.41. The number of hydrogen-bond donors (Lipinski definition) is 2. The Hall–Kier alpha value is -1.34. The molecule has 0 bridgehead atoms. The van der Waals surface area contributed by atoms with Crippen LogP contribution in [0.4, 0.5) is 0 Å². The number of aryl methyl sites for hydroxylation is 2. The zero-order valence-electron chi connectivity index (χ0n) is 9.48. The van der Waals surface area contributed by atoms with Crippen molar-refractivity contribution in [3.05, 3.63) is 21.4 Å². The van der Waals surface area contributed by atoms with Gasteiger partial charge in [0.1, 0.15) is 0 Å².